The molecular weight excluding hydrogens is 218 g/mol. The highest BCUT2D eigenvalue weighted by Crippen LogP contribution is 2.22. The van der Waals surface area contributed by atoms with Gasteiger partial charge >= 0.3 is 0 Å². The van der Waals surface area contributed by atoms with E-state index >= 15 is 0 Å². The standard InChI is InChI=1S/C13H13NOS/c1-2-3-4-8-11(15)13-14-10-7-5-6-9-12(10)16-13/h3-7,9H,2,8H2,1H3/b4-3-. The van der Waals surface area contributed by atoms with Gasteiger partial charge in [0.15, 0.2) is 10.8 Å². The van der Waals surface area contributed by atoms with Gasteiger partial charge in [-0.25, -0.2) is 4.98 Å². The van der Waals surface area contributed by atoms with Crippen LogP contribution in [-0.4, -0.2) is 10.8 Å². The Kier molecular flexibility index (Phi) is 3.47. The number of carbonyl (C=O) groups is 1. The van der Waals surface area contributed by atoms with Crippen LogP contribution in [0.5, 0.6) is 0 Å². The first-order valence-electron chi connectivity index (χ1n) is 5.35. The number of benzene rings is 1. The molecule has 0 unspecified atom stereocenters. The molecule has 2 rings (SSSR count). The van der Waals surface area contributed by atoms with Gasteiger partial charge in [0, 0.05) is 6.42 Å². The molecule has 0 aliphatic heterocycles. The molecule has 2 aromatic rings. The van der Waals surface area contributed by atoms with Crippen molar-refractivity contribution in [1.82, 2.24) is 4.98 Å². The molecule has 16 heavy (non-hydrogen) atoms. The Morgan fingerprint density at radius 1 is 1.38 bits per heavy atom. The second-order valence-electron chi connectivity index (χ2n) is 3.49. The number of hydrogen-bond acceptors (Lipinski definition) is 3. The van der Waals surface area contributed by atoms with E-state index in [9.17, 15) is 4.79 Å². The molecule has 0 aliphatic carbocycles. The van der Waals surface area contributed by atoms with Crippen LogP contribution in [0.4, 0.5) is 0 Å². The first-order valence-corrected chi connectivity index (χ1v) is 6.16. The molecule has 0 fully saturated rings. The summed E-state index contributed by atoms with van der Waals surface area (Å²) >= 11 is 1.47. The fourth-order valence-electron chi connectivity index (χ4n) is 1.44. The van der Waals surface area contributed by atoms with Gasteiger partial charge < -0.3 is 0 Å². The van der Waals surface area contributed by atoms with Gasteiger partial charge in [-0.1, -0.05) is 31.2 Å². The van der Waals surface area contributed by atoms with Crippen LogP contribution in [-0.2, 0) is 0 Å². The normalized spacial score (nSPS) is 11.3. The number of fused-ring (bicyclic) bond motifs is 1. The minimum absolute atomic E-state index is 0.103. The molecule has 0 amide bonds. The summed E-state index contributed by atoms with van der Waals surface area (Å²) in [6.07, 6.45) is 5.33. The van der Waals surface area contributed by atoms with Crippen molar-refractivity contribution in [3.8, 4) is 0 Å². The first-order chi connectivity index (χ1) is 7.81. The number of ketones is 1. The van der Waals surface area contributed by atoms with Crippen LogP contribution in [0, 0.1) is 0 Å². The monoisotopic (exact) mass is 231 g/mol. The molecule has 0 bridgehead atoms. The zero-order valence-electron chi connectivity index (χ0n) is 9.14. The van der Waals surface area contributed by atoms with Gasteiger partial charge in [-0.2, -0.15) is 0 Å². The third-order valence-electron chi connectivity index (χ3n) is 2.24. The summed E-state index contributed by atoms with van der Waals surface area (Å²) in [5, 5.41) is 0.613. The van der Waals surface area contributed by atoms with Crippen molar-refractivity contribution >= 4 is 27.3 Å². The van der Waals surface area contributed by atoms with Gasteiger partial charge in [-0.05, 0) is 18.6 Å². The average molecular weight is 231 g/mol. The van der Waals surface area contributed by atoms with Crippen LogP contribution in [0.1, 0.15) is 29.6 Å². The summed E-state index contributed by atoms with van der Waals surface area (Å²) in [7, 11) is 0. The van der Waals surface area contributed by atoms with Crippen LogP contribution >= 0.6 is 11.3 Å². The quantitative estimate of drug-likeness (QED) is 0.591. The van der Waals surface area contributed by atoms with Crippen LogP contribution in [0.15, 0.2) is 36.4 Å². The van der Waals surface area contributed by atoms with Crippen LogP contribution in [0.25, 0.3) is 10.2 Å². The molecular formula is C13H13NOS. The van der Waals surface area contributed by atoms with E-state index in [2.05, 4.69) is 11.9 Å². The minimum Gasteiger partial charge on any atom is -0.291 e. The van der Waals surface area contributed by atoms with Crippen molar-refractivity contribution in [3.05, 3.63) is 41.4 Å². The largest absolute Gasteiger partial charge is 0.291 e. The Labute approximate surface area is 98.6 Å². The summed E-state index contributed by atoms with van der Waals surface area (Å²) in [5.41, 5.74) is 0.912. The van der Waals surface area contributed by atoms with Crippen molar-refractivity contribution in [3.63, 3.8) is 0 Å². The number of nitrogens with zero attached hydrogens (tertiary/aromatic N) is 1. The molecule has 1 aromatic carbocycles. The maximum Gasteiger partial charge on any atom is 0.195 e. The lowest BCUT2D eigenvalue weighted by molar-refractivity contribution is 0.0995. The van der Waals surface area contributed by atoms with Gasteiger partial charge in [-0.3, -0.25) is 4.79 Å². The molecule has 0 aliphatic rings. The Bertz CT molecular complexity index is 494. The number of thiazole rings is 1. The molecule has 82 valence electrons. The molecule has 0 spiro atoms. The maximum absolute atomic E-state index is 11.8. The zero-order chi connectivity index (χ0) is 11.4. The summed E-state index contributed by atoms with van der Waals surface area (Å²) in [4.78, 5) is 16.1. The number of aromatic nitrogens is 1. The molecule has 3 heteroatoms. The number of carbonyl (C=O) groups excluding carboxylic acids is 1. The Morgan fingerprint density at radius 2 is 2.19 bits per heavy atom. The molecule has 0 radical (unpaired) electrons. The number of allylic oxidation sites excluding steroid dienone is 2. The Hall–Kier alpha value is -1.48. The summed E-state index contributed by atoms with van der Waals surface area (Å²) in [6, 6.07) is 7.83. The zero-order valence-corrected chi connectivity index (χ0v) is 9.96. The fraction of sp³-hybridized carbons (Fsp3) is 0.231. The smallest absolute Gasteiger partial charge is 0.195 e. The number of para-hydroxylation sites is 1. The lowest BCUT2D eigenvalue weighted by Gasteiger charge is -1.88. The number of Topliss-reactive ketones (excluding diaryl/α,β-unsaturated/α-hetero) is 1. The topological polar surface area (TPSA) is 30.0 Å². The van der Waals surface area contributed by atoms with Crippen LogP contribution in [0.2, 0.25) is 0 Å². The van der Waals surface area contributed by atoms with Crippen molar-refractivity contribution in [1.29, 1.82) is 0 Å². The van der Waals surface area contributed by atoms with Gasteiger partial charge in [0.2, 0.25) is 0 Å². The third-order valence-corrected chi connectivity index (χ3v) is 3.32. The summed E-state index contributed by atoms with van der Waals surface area (Å²) < 4.78 is 1.07. The predicted octanol–water partition coefficient (Wildman–Crippen LogP) is 3.84. The minimum atomic E-state index is 0.103. The molecule has 1 heterocycles. The molecule has 0 saturated carbocycles. The van der Waals surface area contributed by atoms with Crippen molar-refractivity contribution in [2.24, 2.45) is 0 Å². The SMILES string of the molecule is CC/C=C\CC(=O)c1nc2ccccc2s1. The molecule has 2 nitrogen and oxygen atoms in total. The predicted molar refractivity (Wildman–Crippen MR) is 68.0 cm³/mol. The molecule has 1 aromatic heterocycles. The lowest BCUT2D eigenvalue weighted by Crippen LogP contribution is -1.95. The summed E-state index contributed by atoms with van der Waals surface area (Å²) in [6.45, 7) is 2.05. The van der Waals surface area contributed by atoms with Gasteiger partial charge in [0.05, 0.1) is 10.2 Å². The molecule has 0 atom stereocenters. The van der Waals surface area contributed by atoms with Crippen molar-refractivity contribution < 1.29 is 4.79 Å². The van der Waals surface area contributed by atoms with Crippen molar-refractivity contribution in [2.45, 2.75) is 19.8 Å². The van der Waals surface area contributed by atoms with E-state index in [1.165, 1.54) is 11.3 Å². The van der Waals surface area contributed by atoms with E-state index in [1.807, 2.05) is 36.4 Å². The van der Waals surface area contributed by atoms with E-state index < -0.39 is 0 Å². The van der Waals surface area contributed by atoms with Gasteiger partial charge in [-0.15, -0.1) is 11.3 Å². The number of rotatable bonds is 4. The highest BCUT2D eigenvalue weighted by molar-refractivity contribution is 7.20. The fourth-order valence-corrected chi connectivity index (χ4v) is 2.35. The van der Waals surface area contributed by atoms with Crippen LogP contribution < -0.4 is 0 Å². The van der Waals surface area contributed by atoms with E-state index in [0.29, 0.717) is 11.4 Å². The van der Waals surface area contributed by atoms with Crippen LogP contribution in [0.3, 0.4) is 0 Å². The van der Waals surface area contributed by atoms with Crippen molar-refractivity contribution in [2.75, 3.05) is 0 Å². The summed E-state index contributed by atoms with van der Waals surface area (Å²) in [5.74, 6) is 0.103. The first kappa shape index (κ1) is 11.0. The van der Waals surface area contributed by atoms with E-state index in [-0.39, 0.29) is 5.78 Å². The third kappa shape index (κ3) is 2.36. The Morgan fingerprint density at radius 3 is 2.94 bits per heavy atom. The van der Waals surface area contributed by atoms with E-state index in [0.717, 1.165) is 16.6 Å². The molecule has 0 N–H and O–H groups in total. The van der Waals surface area contributed by atoms with Gasteiger partial charge in [0.1, 0.15) is 0 Å². The maximum atomic E-state index is 11.8. The van der Waals surface area contributed by atoms with Gasteiger partial charge in [0.25, 0.3) is 0 Å². The number of hydrogen-bond donors (Lipinski definition) is 0. The second-order valence-corrected chi connectivity index (χ2v) is 4.52. The van der Waals surface area contributed by atoms with E-state index in [4.69, 9.17) is 0 Å². The average Bonchev–Trinajstić information content (AvgIpc) is 2.73. The highest BCUT2D eigenvalue weighted by atomic mass is 32.1. The highest BCUT2D eigenvalue weighted by Gasteiger charge is 2.09. The Balaban J connectivity index is 2.20. The molecule has 0 saturated heterocycles. The second kappa shape index (κ2) is 5.03. The van der Waals surface area contributed by atoms with E-state index in [1.54, 1.807) is 0 Å². The lowest BCUT2D eigenvalue weighted by atomic mass is 10.2.